The third-order valence-electron chi connectivity index (χ3n) is 14.4. The van der Waals surface area contributed by atoms with E-state index < -0.39 is 0 Å². The average molecular weight is 483 g/mol. The maximum absolute atomic E-state index is 11.9. The number of ether oxygens (including phenoxy) is 1. The molecule has 0 aromatic carbocycles. The number of fused-ring (bicyclic) bond motifs is 7. The summed E-state index contributed by atoms with van der Waals surface area (Å²) < 4.78 is 5.81. The molecule has 5 aliphatic rings. The zero-order chi connectivity index (χ0) is 25.6. The molecule has 0 N–H and O–H groups in total. The van der Waals surface area contributed by atoms with Crippen LogP contribution in [0.15, 0.2) is 12.2 Å². The lowest BCUT2D eigenvalue weighted by molar-refractivity contribution is -0.244. The minimum atomic E-state index is -0.110. The molecule has 0 aliphatic heterocycles. The lowest BCUT2D eigenvalue weighted by Gasteiger charge is -2.73. The third kappa shape index (κ3) is 3.35. The van der Waals surface area contributed by atoms with Gasteiger partial charge in [0.15, 0.2) is 0 Å². The molecule has 0 heterocycles. The Kier molecular flexibility index (Phi) is 5.98. The maximum atomic E-state index is 11.9. The van der Waals surface area contributed by atoms with Crippen molar-refractivity contribution in [1.29, 1.82) is 0 Å². The summed E-state index contributed by atoms with van der Waals surface area (Å²) in [6, 6.07) is 0. The summed E-state index contributed by atoms with van der Waals surface area (Å²) in [6.45, 7) is 24.9. The topological polar surface area (TPSA) is 26.3 Å². The zero-order valence-electron chi connectivity index (χ0n) is 24.3. The second kappa shape index (κ2) is 8.10. The van der Waals surface area contributed by atoms with Crippen molar-refractivity contribution in [3.8, 4) is 0 Å². The molecule has 0 aromatic rings. The van der Waals surface area contributed by atoms with Gasteiger partial charge >= 0.3 is 5.97 Å². The first-order valence-electron chi connectivity index (χ1n) is 15.0. The SMILES string of the molecule is C=C(C)[C@@H]1CC[C@]2(COC(C)=O)CC[C@]3(C)[C@H](CC[C@@H]4[C@@]5(C)CC[C@H](C)C(C)(C)[C@@H]5CC[C@]43C)[C@@H]12. The molecule has 35 heavy (non-hydrogen) atoms. The van der Waals surface area contributed by atoms with E-state index in [0.717, 1.165) is 23.7 Å². The van der Waals surface area contributed by atoms with Crippen molar-refractivity contribution in [2.45, 2.75) is 120 Å². The van der Waals surface area contributed by atoms with Gasteiger partial charge in [0, 0.05) is 12.3 Å². The van der Waals surface area contributed by atoms with Crippen LogP contribution in [0.1, 0.15) is 120 Å². The van der Waals surface area contributed by atoms with Crippen molar-refractivity contribution in [2.75, 3.05) is 6.61 Å². The van der Waals surface area contributed by atoms with Crippen LogP contribution < -0.4 is 0 Å². The summed E-state index contributed by atoms with van der Waals surface area (Å²) in [5, 5.41) is 0. The van der Waals surface area contributed by atoms with Gasteiger partial charge < -0.3 is 4.74 Å². The van der Waals surface area contributed by atoms with E-state index in [1.165, 1.54) is 69.8 Å². The molecule has 5 saturated carbocycles. The van der Waals surface area contributed by atoms with E-state index in [9.17, 15) is 4.79 Å². The Morgan fingerprint density at radius 1 is 0.829 bits per heavy atom. The van der Waals surface area contributed by atoms with Gasteiger partial charge in [-0.3, -0.25) is 4.79 Å². The van der Waals surface area contributed by atoms with Crippen LogP contribution in [0.25, 0.3) is 0 Å². The number of rotatable bonds is 3. The minimum Gasteiger partial charge on any atom is -0.465 e. The molecule has 0 unspecified atom stereocenters. The predicted molar refractivity (Wildman–Crippen MR) is 145 cm³/mol. The normalized spacial score (nSPS) is 52.5. The highest BCUT2D eigenvalue weighted by molar-refractivity contribution is 5.65. The molecular weight excluding hydrogens is 428 g/mol. The summed E-state index contributed by atoms with van der Waals surface area (Å²) in [4.78, 5) is 11.9. The van der Waals surface area contributed by atoms with Crippen molar-refractivity contribution in [3.05, 3.63) is 12.2 Å². The number of hydrogen-bond donors (Lipinski definition) is 0. The Morgan fingerprint density at radius 2 is 1.54 bits per heavy atom. The van der Waals surface area contributed by atoms with Crippen LogP contribution in [-0.2, 0) is 9.53 Å². The van der Waals surface area contributed by atoms with E-state index in [-0.39, 0.29) is 11.4 Å². The lowest BCUT2D eigenvalue weighted by atomic mass is 9.32. The fraction of sp³-hybridized carbons (Fsp3) is 0.909. The van der Waals surface area contributed by atoms with E-state index in [0.29, 0.717) is 40.1 Å². The molecule has 0 bridgehead atoms. The van der Waals surface area contributed by atoms with E-state index in [2.05, 4.69) is 55.0 Å². The molecule has 2 heteroatoms. The van der Waals surface area contributed by atoms with Crippen LogP contribution in [0.2, 0.25) is 0 Å². The third-order valence-corrected chi connectivity index (χ3v) is 14.4. The Bertz CT molecular complexity index is 888. The van der Waals surface area contributed by atoms with Crippen LogP contribution in [0.5, 0.6) is 0 Å². The van der Waals surface area contributed by atoms with Gasteiger partial charge in [0.1, 0.15) is 0 Å². The minimum absolute atomic E-state index is 0.110. The number of hydrogen-bond acceptors (Lipinski definition) is 2. The standard InChI is InChI=1S/C33H54O2/c1-21(2)24-13-17-33(20-35-23(4)34)19-18-31(8)25(28(24)33)10-11-27-30(7)15-12-22(3)29(5,6)26(30)14-16-32(27,31)9/h22,24-28H,1,10-20H2,2-9H3/t22-,24-,25+,26-,27+,28+,30-,31+,32+,33+/m0/s1. The lowest BCUT2D eigenvalue weighted by Crippen LogP contribution is -2.66. The largest absolute Gasteiger partial charge is 0.465 e. The quantitative estimate of drug-likeness (QED) is 0.296. The number of allylic oxidation sites excluding steroid dienone is 1. The van der Waals surface area contributed by atoms with Gasteiger partial charge in [-0.15, -0.1) is 0 Å². The molecule has 5 rings (SSSR count). The predicted octanol–water partition coefficient (Wildman–Crippen LogP) is 8.84. The van der Waals surface area contributed by atoms with Crippen molar-refractivity contribution < 1.29 is 9.53 Å². The van der Waals surface area contributed by atoms with Gasteiger partial charge in [0.25, 0.3) is 0 Å². The summed E-state index contributed by atoms with van der Waals surface area (Å²) in [5.41, 5.74) is 3.26. The first kappa shape index (κ1) is 25.8. The second-order valence-electron chi connectivity index (χ2n) is 15.6. The number of carbonyl (C=O) groups excluding carboxylic acids is 1. The summed E-state index contributed by atoms with van der Waals surface area (Å²) in [7, 11) is 0. The van der Waals surface area contributed by atoms with Gasteiger partial charge in [0.05, 0.1) is 6.61 Å². The van der Waals surface area contributed by atoms with E-state index >= 15 is 0 Å². The second-order valence-corrected chi connectivity index (χ2v) is 15.6. The molecule has 10 atom stereocenters. The molecule has 0 spiro atoms. The van der Waals surface area contributed by atoms with Gasteiger partial charge in [-0.25, -0.2) is 0 Å². The number of carbonyl (C=O) groups is 1. The van der Waals surface area contributed by atoms with E-state index in [4.69, 9.17) is 4.74 Å². The van der Waals surface area contributed by atoms with E-state index in [1.807, 2.05) is 0 Å². The van der Waals surface area contributed by atoms with Crippen LogP contribution in [0, 0.1) is 62.6 Å². The fourth-order valence-electron chi connectivity index (χ4n) is 12.0. The Labute approximate surface area is 216 Å². The van der Waals surface area contributed by atoms with E-state index in [1.54, 1.807) is 6.92 Å². The average Bonchev–Trinajstić information content (AvgIpc) is 3.16. The van der Waals surface area contributed by atoms with Gasteiger partial charge in [0.2, 0.25) is 0 Å². The highest BCUT2D eigenvalue weighted by Gasteiger charge is 2.70. The fourth-order valence-corrected chi connectivity index (χ4v) is 12.0. The molecule has 0 radical (unpaired) electrons. The summed E-state index contributed by atoms with van der Waals surface area (Å²) in [6.07, 6.45) is 13.4. The zero-order valence-corrected chi connectivity index (χ0v) is 24.3. The van der Waals surface area contributed by atoms with Gasteiger partial charge in [-0.2, -0.15) is 0 Å². The molecular formula is C33H54O2. The molecule has 198 valence electrons. The Balaban J connectivity index is 1.53. The molecule has 5 fully saturated rings. The Hall–Kier alpha value is -0.790. The highest BCUT2D eigenvalue weighted by atomic mass is 16.5. The maximum Gasteiger partial charge on any atom is 0.302 e. The monoisotopic (exact) mass is 482 g/mol. The van der Waals surface area contributed by atoms with Crippen LogP contribution >= 0.6 is 0 Å². The molecule has 2 nitrogen and oxygen atoms in total. The first-order chi connectivity index (χ1) is 16.2. The van der Waals surface area contributed by atoms with Crippen molar-refractivity contribution in [2.24, 2.45) is 62.6 Å². The summed E-state index contributed by atoms with van der Waals surface area (Å²) in [5.74, 6) is 4.38. The van der Waals surface area contributed by atoms with Crippen LogP contribution in [0.3, 0.4) is 0 Å². The first-order valence-corrected chi connectivity index (χ1v) is 15.0. The van der Waals surface area contributed by atoms with Crippen molar-refractivity contribution in [1.82, 2.24) is 0 Å². The number of esters is 1. The molecule has 0 amide bonds. The molecule has 0 aromatic heterocycles. The Morgan fingerprint density at radius 3 is 2.20 bits per heavy atom. The summed E-state index contributed by atoms with van der Waals surface area (Å²) >= 11 is 0. The van der Waals surface area contributed by atoms with Gasteiger partial charge in [-0.05, 0) is 128 Å². The highest BCUT2D eigenvalue weighted by Crippen LogP contribution is 2.77. The van der Waals surface area contributed by atoms with Crippen LogP contribution in [-0.4, -0.2) is 12.6 Å². The molecule has 5 aliphatic carbocycles. The smallest absolute Gasteiger partial charge is 0.302 e. The van der Waals surface area contributed by atoms with Crippen molar-refractivity contribution >= 4 is 5.97 Å². The van der Waals surface area contributed by atoms with Crippen LogP contribution in [0.4, 0.5) is 0 Å². The van der Waals surface area contributed by atoms with Crippen molar-refractivity contribution in [3.63, 3.8) is 0 Å². The molecule has 0 saturated heterocycles. The van der Waals surface area contributed by atoms with Gasteiger partial charge in [-0.1, -0.05) is 53.7 Å².